The normalized spacial score (nSPS) is 11.5. The van der Waals surface area contributed by atoms with Gasteiger partial charge in [0.25, 0.3) is 0 Å². The second kappa shape index (κ2) is 15.7. The van der Waals surface area contributed by atoms with Crippen LogP contribution in [0.15, 0.2) is 24.3 Å². The molecule has 0 fully saturated rings. The van der Waals surface area contributed by atoms with E-state index >= 15 is 0 Å². The summed E-state index contributed by atoms with van der Waals surface area (Å²) < 4.78 is 20.3. The molecular formula is C23H38N2O8. The highest BCUT2D eigenvalue weighted by atomic mass is 16.6. The zero-order chi connectivity index (χ0) is 25.4. The minimum atomic E-state index is -0.950. The van der Waals surface area contributed by atoms with Gasteiger partial charge in [0.1, 0.15) is 24.9 Å². The van der Waals surface area contributed by atoms with Gasteiger partial charge in [0.05, 0.1) is 0 Å². The first-order valence-electron chi connectivity index (χ1n) is 10.9. The summed E-state index contributed by atoms with van der Waals surface area (Å²) >= 11 is 0. The average Bonchev–Trinajstić information content (AvgIpc) is 2.72. The van der Waals surface area contributed by atoms with Crippen LogP contribution in [0, 0.1) is 0 Å². The highest BCUT2D eigenvalue weighted by Crippen LogP contribution is 2.12. The Bertz CT molecular complexity index is 703. The molecule has 0 aliphatic carbocycles. The van der Waals surface area contributed by atoms with E-state index in [1.807, 2.05) is 0 Å². The molecule has 0 heterocycles. The van der Waals surface area contributed by atoms with Gasteiger partial charge in [-0.05, 0) is 47.5 Å². The minimum Gasteiger partial charge on any atom is -0.456 e. The maximum Gasteiger partial charge on any atom is 0.407 e. The number of unbranched alkanes of at least 4 members (excludes halogenated alkanes) is 3. The summed E-state index contributed by atoms with van der Waals surface area (Å²) in [5.41, 5.74) is -0.394. The summed E-state index contributed by atoms with van der Waals surface area (Å²) in [5.74, 6) is -1.06. The Labute approximate surface area is 196 Å². The van der Waals surface area contributed by atoms with E-state index in [2.05, 4.69) is 23.8 Å². The fourth-order valence-electron chi connectivity index (χ4n) is 2.20. The zero-order valence-electron chi connectivity index (χ0n) is 20.4. The van der Waals surface area contributed by atoms with Gasteiger partial charge in [0.2, 0.25) is 0 Å². The van der Waals surface area contributed by atoms with Crippen LogP contribution in [-0.2, 0) is 28.5 Å². The van der Waals surface area contributed by atoms with Crippen molar-refractivity contribution in [2.75, 3.05) is 26.3 Å². The predicted octanol–water partition coefficient (Wildman–Crippen LogP) is 3.40. The molecule has 2 N–H and O–H groups in total. The van der Waals surface area contributed by atoms with Crippen LogP contribution < -0.4 is 10.6 Å². The lowest BCUT2D eigenvalue weighted by molar-refractivity contribution is -0.155. The van der Waals surface area contributed by atoms with E-state index in [-0.39, 0.29) is 24.4 Å². The Morgan fingerprint density at radius 3 is 1.79 bits per heavy atom. The summed E-state index contributed by atoms with van der Waals surface area (Å²) in [7, 11) is 0. The van der Waals surface area contributed by atoms with E-state index in [1.54, 1.807) is 27.7 Å². The molecule has 0 bridgehead atoms. The maximum atomic E-state index is 11.7. The van der Waals surface area contributed by atoms with E-state index in [9.17, 15) is 19.2 Å². The van der Waals surface area contributed by atoms with Gasteiger partial charge in [-0.3, -0.25) is 0 Å². The van der Waals surface area contributed by atoms with Gasteiger partial charge in [-0.15, -0.1) is 0 Å². The zero-order valence-corrected chi connectivity index (χ0v) is 20.4. The van der Waals surface area contributed by atoms with Crippen LogP contribution in [0.1, 0.15) is 60.3 Å². The molecule has 0 spiro atoms. The van der Waals surface area contributed by atoms with Gasteiger partial charge >= 0.3 is 24.1 Å². The van der Waals surface area contributed by atoms with E-state index in [0.717, 1.165) is 25.7 Å². The van der Waals surface area contributed by atoms with Gasteiger partial charge in [-0.1, -0.05) is 26.0 Å². The Morgan fingerprint density at radius 1 is 0.818 bits per heavy atom. The first-order chi connectivity index (χ1) is 15.3. The molecule has 2 amide bonds. The molecule has 188 valence electrons. The van der Waals surface area contributed by atoms with Crippen LogP contribution in [0.25, 0.3) is 0 Å². The van der Waals surface area contributed by atoms with Crippen molar-refractivity contribution in [3.05, 3.63) is 24.3 Å². The number of hydrogen-bond acceptors (Lipinski definition) is 8. The first kappa shape index (κ1) is 30.0. The fraction of sp³-hybridized carbons (Fsp3) is 0.652. The molecule has 1 atom stereocenters. The molecular weight excluding hydrogens is 432 g/mol. The van der Waals surface area contributed by atoms with Crippen molar-refractivity contribution in [3.63, 3.8) is 0 Å². The third kappa shape index (κ3) is 16.3. The molecule has 0 aliphatic heterocycles. The Balaban J connectivity index is 3.73. The summed E-state index contributed by atoms with van der Waals surface area (Å²) in [4.78, 5) is 46.3. The molecule has 1 unspecified atom stereocenters. The third-order valence-electron chi connectivity index (χ3n) is 4.02. The number of rotatable bonds is 15. The summed E-state index contributed by atoms with van der Waals surface area (Å²) in [6.07, 6.45) is 1.49. The second-order valence-electron chi connectivity index (χ2n) is 8.37. The quantitative estimate of drug-likeness (QED) is 0.161. The SMILES string of the molecule is C=C(C)C(=O)OC(C)COC(=O)NCCCCCCNC(=O)OCC(C)(C)OC(=O)C(=C)C. The minimum absolute atomic E-state index is 0.0415. The van der Waals surface area contributed by atoms with E-state index < -0.39 is 35.8 Å². The van der Waals surface area contributed by atoms with Gasteiger partial charge in [0, 0.05) is 24.2 Å². The van der Waals surface area contributed by atoms with E-state index in [4.69, 9.17) is 18.9 Å². The predicted molar refractivity (Wildman–Crippen MR) is 123 cm³/mol. The number of carbonyl (C=O) groups excluding carboxylic acids is 4. The van der Waals surface area contributed by atoms with Crippen molar-refractivity contribution in [2.24, 2.45) is 0 Å². The molecule has 33 heavy (non-hydrogen) atoms. The summed E-state index contributed by atoms with van der Waals surface area (Å²) in [6.45, 7) is 15.8. The van der Waals surface area contributed by atoms with Crippen LogP contribution >= 0.6 is 0 Å². The van der Waals surface area contributed by atoms with Gasteiger partial charge in [0.15, 0.2) is 0 Å². The van der Waals surface area contributed by atoms with E-state index in [1.165, 1.54) is 6.92 Å². The van der Waals surface area contributed by atoms with Crippen LogP contribution in [0.5, 0.6) is 0 Å². The molecule has 10 nitrogen and oxygen atoms in total. The average molecular weight is 471 g/mol. The van der Waals surface area contributed by atoms with Crippen LogP contribution in [0.3, 0.4) is 0 Å². The topological polar surface area (TPSA) is 129 Å². The van der Waals surface area contributed by atoms with Crippen LogP contribution in [0.4, 0.5) is 9.59 Å². The number of nitrogens with one attached hydrogen (secondary N) is 2. The van der Waals surface area contributed by atoms with Gasteiger partial charge in [-0.2, -0.15) is 0 Å². The number of amides is 2. The monoisotopic (exact) mass is 470 g/mol. The molecule has 0 aromatic heterocycles. The molecule has 0 aliphatic rings. The van der Waals surface area contributed by atoms with Gasteiger partial charge in [-0.25, -0.2) is 19.2 Å². The van der Waals surface area contributed by atoms with Crippen molar-refractivity contribution >= 4 is 24.1 Å². The lowest BCUT2D eigenvalue weighted by atomic mass is 10.1. The Kier molecular flexibility index (Phi) is 14.3. The van der Waals surface area contributed by atoms with Gasteiger partial charge < -0.3 is 29.6 Å². The molecule has 0 aromatic rings. The second-order valence-corrected chi connectivity index (χ2v) is 8.37. The highest BCUT2D eigenvalue weighted by molar-refractivity contribution is 5.87. The van der Waals surface area contributed by atoms with Crippen molar-refractivity contribution in [1.82, 2.24) is 10.6 Å². The fourth-order valence-corrected chi connectivity index (χ4v) is 2.20. The molecule has 0 saturated heterocycles. The third-order valence-corrected chi connectivity index (χ3v) is 4.02. The highest BCUT2D eigenvalue weighted by Gasteiger charge is 2.25. The van der Waals surface area contributed by atoms with Crippen molar-refractivity contribution in [2.45, 2.75) is 72.0 Å². The molecule has 0 aromatic carbocycles. The number of alkyl carbamates (subject to hydrolysis) is 2. The van der Waals surface area contributed by atoms with Crippen LogP contribution in [-0.4, -0.2) is 62.1 Å². The van der Waals surface area contributed by atoms with E-state index in [0.29, 0.717) is 13.1 Å². The molecule has 0 saturated carbocycles. The first-order valence-corrected chi connectivity index (χ1v) is 10.9. The number of ether oxygens (including phenoxy) is 4. The van der Waals surface area contributed by atoms with Crippen molar-refractivity contribution in [3.8, 4) is 0 Å². The lowest BCUT2D eigenvalue weighted by Gasteiger charge is -2.24. The summed E-state index contributed by atoms with van der Waals surface area (Å²) in [5, 5.41) is 5.26. The molecule has 0 radical (unpaired) electrons. The summed E-state index contributed by atoms with van der Waals surface area (Å²) in [6, 6.07) is 0. The lowest BCUT2D eigenvalue weighted by Crippen LogP contribution is -2.37. The Morgan fingerprint density at radius 2 is 1.30 bits per heavy atom. The van der Waals surface area contributed by atoms with Crippen LogP contribution in [0.2, 0.25) is 0 Å². The number of carbonyl (C=O) groups is 4. The maximum absolute atomic E-state index is 11.7. The largest absolute Gasteiger partial charge is 0.456 e. The number of esters is 2. The molecule has 10 heteroatoms. The van der Waals surface area contributed by atoms with Crippen molar-refractivity contribution in [1.29, 1.82) is 0 Å². The smallest absolute Gasteiger partial charge is 0.407 e. The standard InChI is InChI=1S/C23H38N2O8/c1-16(2)19(26)32-18(5)14-30-21(28)24-12-10-8-9-11-13-25-22(29)31-15-23(6,7)33-20(27)17(3)4/h18H,1,3,8-15H2,2,4-7H3,(H,24,28)(H,25,29). The number of hydrogen-bond donors (Lipinski definition) is 2. The van der Waals surface area contributed by atoms with Crippen molar-refractivity contribution < 1.29 is 38.1 Å². The molecule has 0 rings (SSSR count). The Hall–Kier alpha value is -3.04.